The number of nitrogens with one attached hydrogen (secondary N) is 2. The molecule has 1 atom stereocenters. The number of aliphatic imine (C=N–C) groups is 1. The fraction of sp³-hybridized carbons (Fsp3) is 0.455. The van der Waals surface area contributed by atoms with Gasteiger partial charge in [-0.1, -0.05) is 6.07 Å². The number of hydrogen-bond acceptors (Lipinski definition) is 6. The summed E-state index contributed by atoms with van der Waals surface area (Å²) in [6.07, 6.45) is 2.13. The second-order valence-corrected chi connectivity index (χ2v) is 7.00. The van der Waals surface area contributed by atoms with Crippen LogP contribution < -0.4 is 25.0 Å². The highest BCUT2D eigenvalue weighted by Gasteiger charge is 2.17. The Bertz CT molecular complexity index is 841. The molecule has 0 radical (unpaired) electrons. The van der Waals surface area contributed by atoms with E-state index in [1.54, 1.807) is 14.2 Å². The lowest BCUT2D eigenvalue weighted by Gasteiger charge is -2.32. The summed E-state index contributed by atoms with van der Waals surface area (Å²) in [7, 11) is 3.37. The molecule has 1 fully saturated rings. The van der Waals surface area contributed by atoms with Crippen LogP contribution in [0.4, 0.5) is 11.5 Å². The molecule has 2 N–H and O–H groups in total. The number of benzene rings is 1. The highest BCUT2D eigenvalue weighted by molar-refractivity contribution is 5.93. The average molecular weight is 414 g/mol. The van der Waals surface area contributed by atoms with E-state index in [9.17, 15) is 0 Å². The molecule has 2 heterocycles. The van der Waals surface area contributed by atoms with Gasteiger partial charge in [-0.2, -0.15) is 0 Å². The molecule has 1 aromatic heterocycles. The summed E-state index contributed by atoms with van der Waals surface area (Å²) in [4.78, 5) is 11.2. The number of methoxy groups -OCH3 is 1. The van der Waals surface area contributed by atoms with Crippen LogP contribution in [0.15, 0.2) is 41.5 Å². The highest BCUT2D eigenvalue weighted by atomic mass is 16.5. The normalized spacial score (nSPS) is 16.9. The van der Waals surface area contributed by atoms with E-state index in [0.717, 1.165) is 36.8 Å². The van der Waals surface area contributed by atoms with E-state index in [2.05, 4.69) is 44.6 Å². The number of pyridine rings is 1. The van der Waals surface area contributed by atoms with Crippen LogP contribution in [0.2, 0.25) is 0 Å². The number of hydrogen-bond donors (Lipinski definition) is 2. The van der Waals surface area contributed by atoms with Gasteiger partial charge in [0, 0.05) is 44.6 Å². The summed E-state index contributed by atoms with van der Waals surface area (Å²) in [5, 5.41) is 6.59. The molecule has 1 aliphatic heterocycles. The monoisotopic (exact) mass is 413 g/mol. The van der Waals surface area contributed by atoms with Gasteiger partial charge in [-0.3, -0.25) is 4.99 Å². The minimum atomic E-state index is 0.234. The van der Waals surface area contributed by atoms with Crippen molar-refractivity contribution in [1.29, 1.82) is 0 Å². The van der Waals surface area contributed by atoms with E-state index in [4.69, 9.17) is 14.2 Å². The van der Waals surface area contributed by atoms with E-state index in [1.165, 1.54) is 0 Å². The Labute approximate surface area is 178 Å². The van der Waals surface area contributed by atoms with Crippen LogP contribution in [0.25, 0.3) is 0 Å². The first-order chi connectivity index (χ1) is 14.6. The topological polar surface area (TPSA) is 80.2 Å². The molecule has 0 bridgehead atoms. The van der Waals surface area contributed by atoms with Crippen molar-refractivity contribution < 1.29 is 14.2 Å². The molecule has 162 valence electrons. The first kappa shape index (κ1) is 21.7. The van der Waals surface area contributed by atoms with Crippen LogP contribution in [-0.2, 0) is 11.3 Å². The van der Waals surface area contributed by atoms with Gasteiger partial charge < -0.3 is 29.7 Å². The van der Waals surface area contributed by atoms with Gasteiger partial charge in [0.05, 0.1) is 26.4 Å². The second kappa shape index (κ2) is 10.7. The van der Waals surface area contributed by atoms with Gasteiger partial charge in [0.2, 0.25) is 0 Å². The number of ether oxygens (including phenoxy) is 3. The first-order valence-electron chi connectivity index (χ1n) is 10.2. The Kier molecular flexibility index (Phi) is 7.73. The van der Waals surface area contributed by atoms with Crippen LogP contribution in [0, 0.1) is 0 Å². The maximum atomic E-state index is 5.64. The smallest absolute Gasteiger partial charge is 0.195 e. The lowest BCUT2D eigenvalue weighted by atomic mass is 10.2. The third-order valence-electron chi connectivity index (χ3n) is 4.78. The molecule has 1 unspecified atom stereocenters. The zero-order valence-electron chi connectivity index (χ0n) is 18.1. The van der Waals surface area contributed by atoms with Crippen molar-refractivity contribution in [3.05, 3.63) is 42.1 Å². The fourth-order valence-electron chi connectivity index (χ4n) is 3.26. The number of aromatic nitrogens is 1. The van der Waals surface area contributed by atoms with E-state index < -0.39 is 0 Å². The van der Waals surface area contributed by atoms with E-state index in [-0.39, 0.29) is 6.10 Å². The SMILES string of the molecule is CCOc1cc(NC(=NC)NCc2ccc(N3CCOC(C)C3)nc2)ccc1OC. The molecule has 8 nitrogen and oxygen atoms in total. The molecule has 1 aromatic carbocycles. The Morgan fingerprint density at radius 3 is 2.83 bits per heavy atom. The van der Waals surface area contributed by atoms with Crippen molar-refractivity contribution in [3.63, 3.8) is 0 Å². The molecule has 1 aliphatic rings. The number of morpholine rings is 1. The summed E-state index contributed by atoms with van der Waals surface area (Å²) < 4.78 is 16.6. The van der Waals surface area contributed by atoms with Crippen LogP contribution in [0.1, 0.15) is 19.4 Å². The highest BCUT2D eigenvalue weighted by Crippen LogP contribution is 2.30. The minimum absolute atomic E-state index is 0.234. The Morgan fingerprint density at radius 1 is 1.30 bits per heavy atom. The molecular weight excluding hydrogens is 382 g/mol. The maximum absolute atomic E-state index is 5.64. The van der Waals surface area contributed by atoms with Crippen molar-refractivity contribution >= 4 is 17.5 Å². The number of nitrogens with zero attached hydrogens (tertiary/aromatic N) is 3. The molecule has 3 rings (SSSR count). The molecule has 8 heteroatoms. The number of rotatable bonds is 7. The van der Waals surface area contributed by atoms with Crippen molar-refractivity contribution in [2.24, 2.45) is 4.99 Å². The predicted molar refractivity (Wildman–Crippen MR) is 120 cm³/mol. The first-order valence-corrected chi connectivity index (χ1v) is 10.2. The van der Waals surface area contributed by atoms with Gasteiger partial charge in [0.1, 0.15) is 5.82 Å². The molecule has 30 heavy (non-hydrogen) atoms. The van der Waals surface area contributed by atoms with Gasteiger partial charge in [0.15, 0.2) is 17.5 Å². The Hall–Kier alpha value is -3.00. The van der Waals surface area contributed by atoms with Gasteiger partial charge in [-0.15, -0.1) is 0 Å². The molecule has 2 aromatic rings. The summed E-state index contributed by atoms with van der Waals surface area (Å²) in [5.41, 5.74) is 1.94. The summed E-state index contributed by atoms with van der Waals surface area (Å²) in [6, 6.07) is 9.84. The van der Waals surface area contributed by atoms with Gasteiger partial charge in [0.25, 0.3) is 0 Å². The quantitative estimate of drug-likeness (QED) is 0.534. The molecular formula is C22H31N5O3. The summed E-state index contributed by atoms with van der Waals surface area (Å²) in [6.45, 7) is 7.69. The largest absolute Gasteiger partial charge is 0.493 e. The van der Waals surface area contributed by atoms with Crippen molar-refractivity contribution in [3.8, 4) is 11.5 Å². The van der Waals surface area contributed by atoms with Crippen molar-refractivity contribution in [2.75, 3.05) is 50.7 Å². The lowest BCUT2D eigenvalue weighted by Crippen LogP contribution is -2.41. The van der Waals surface area contributed by atoms with Crippen molar-refractivity contribution in [1.82, 2.24) is 10.3 Å². The van der Waals surface area contributed by atoms with Crippen LogP contribution in [-0.4, -0.2) is 57.5 Å². The van der Waals surface area contributed by atoms with Gasteiger partial charge >= 0.3 is 0 Å². The Morgan fingerprint density at radius 2 is 2.17 bits per heavy atom. The van der Waals surface area contributed by atoms with E-state index in [1.807, 2.05) is 31.3 Å². The van der Waals surface area contributed by atoms with Crippen molar-refractivity contribution in [2.45, 2.75) is 26.5 Å². The maximum Gasteiger partial charge on any atom is 0.195 e. The third-order valence-corrected chi connectivity index (χ3v) is 4.78. The van der Waals surface area contributed by atoms with E-state index >= 15 is 0 Å². The summed E-state index contributed by atoms with van der Waals surface area (Å²) >= 11 is 0. The molecule has 0 amide bonds. The number of anilines is 2. The fourth-order valence-corrected chi connectivity index (χ4v) is 3.26. The number of guanidine groups is 1. The standard InChI is InChI=1S/C22H31N5O3/c1-5-29-20-12-18(7-8-19(20)28-4)26-22(23-3)25-14-17-6-9-21(24-13-17)27-10-11-30-16(2)15-27/h6-9,12-13,16H,5,10-11,14-15H2,1-4H3,(H2,23,25,26). The molecule has 0 spiro atoms. The van der Waals surface area contributed by atoms with Gasteiger partial charge in [-0.05, 0) is 37.6 Å². The molecule has 0 aliphatic carbocycles. The van der Waals surface area contributed by atoms with Crippen LogP contribution in [0.5, 0.6) is 11.5 Å². The minimum Gasteiger partial charge on any atom is -0.493 e. The lowest BCUT2D eigenvalue weighted by molar-refractivity contribution is 0.0529. The zero-order chi connectivity index (χ0) is 21.3. The predicted octanol–water partition coefficient (Wildman–Crippen LogP) is 2.90. The third kappa shape index (κ3) is 5.76. The van der Waals surface area contributed by atoms with Gasteiger partial charge in [-0.25, -0.2) is 4.98 Å². The zero-order valence-corrected chi connectivity index (χ0v) is 18.1. The second-order valence-electron chi connectivity index (χ2n) is 7.00. The Balaban J connectivity index is 1.57. The average Bonchev–Trinajstić information content (AvgIpc) is 2.77. The molecule has 1 saturated heterocycles. The summed E-state index contributed by atoms with van der Waals surface area (Å²) in [5.74, 6) is 3.04. The van der Waals surface area contributed by atoms with Crippen LogP contribution >= 0.6 is 0 Å². The van der Waals surface area contributed by atoms with E-state index in [0.29, 0.717) is 30.6 Å². The molecule has 0 saturated carbocycles. The van der Waals surface area contributed by atoms with Crippen LogP contribution in [0.3, 0.4) is 0 Å².